The summed E-state index contributed by atoms with van der Waals surface area (Å²) in [7, 11) is 2.49. The molecule has 0 saturated carbocycles. The monoisotopic (exact) mass is 436 g/mol. The molecule has 0 N–H and O–H groups in total. The van der Waals surface area contributed by atoms with Crippen molar-refractivity contribution in [3.05, 3.63) is 71.5 Å². The lowest BCUT2D eigenvalue weighted by atomic mass is 10.1. The number of pyridine rings is 1. The summed E-state index contributed by atoms with van der Waals surface area (Å²) in [6.45, 7) is -0.0133. The summed E-state index contributed by atoms with van der Waals surface area (Å²) in [5, 5.41) is 4.02. The number of esters is 2. The molecule has 10 nitrogen and oxygen atoms in total. The Labute approximate surface area is 183 Å². The Kier molecular flexibility index (Phi) is 6.22. The molecule has 10 heteroatoms. The summed E-state index contributed by atoms with van der Waals surface area (Å²) in [4.78, 5) is 34.9. The minimum absolute atomic E-state index is 0.0483. The SMILES string of the molecule is COC(=O)C1=C(C(=O)OC)N(c2ccccc2Cc2nc(-c3cccnc3)no2)COC1. The molecule has 0 unspecified atom stereocenters. The first-order valence-electron chi connectivity index (χ1n) is 9.68. The molecule has 3 heterocycles. The number of nitrogens with zero attached hydrogens (tertiary/aromatic N) is 4. The number of hydrogen-bond acceptors (Lipinski definition) is 10. The molecular weight excluding hydrogens is 416 g/mol. The van der Waals surface area contributed by atoms with Gasteiger partial charge in [0.05, 0.1) is 32.8 Å². The van der Waals surface area contributed by atoms with Crippen molar-refractivity contribution in [2.24, 2.45) is 0 Å². The lowest BCUT2D eigenvalue weighted by Crippen LogP contribution is -2.39. The van der Waals surface area contributed by atoms with Crippen molar-refractivity contribution in [1.82, 2.24) is 15.1 Å². The molecule has 0 atom stereocenters. The van der Waals surface area contributed by atoms with Gasteiger partial charge in [-0.1, -0.05) is 23.4 Å². The third kappa shape index (κ3) is 4.21. The number of rotatable bonds is 6. The maximum Gasteiger partial charge on any atom is 0.355 e. The van der Waals surface area contributed by atoms with Crippen LogP contribution >= 0.6 is 0 Å². The standard InChI is InChI=1S/C22H20N4O6/c1-29-21(27)16-12-31-13-26(19(16)22(28)30-2)17-8-4-3-6-14(17)10-18-24-20(25-32-18)15-7-5-9-23-11-15/h3-9,11H,10,12-13H2,1-2H3. The van der Waals surface area contributed by atoms with Crippen LogP contribution in [0.1, 0.15) is 11.5 Å². The van der Waals surface area contributed by atoms with Crippen molar-refractivity contribution in [2.45, 2.75) is 6.42 Å². The minimum atomic E-state index is -0.667. The number of ether oxygens (including phenoxy) is 3. The fraction of sp³-hybridized carbons (Fsp3) is 0.227. The van der Waals surface area contributed by atoms with E-state index in [1.807, 2.05) is 24.3 Å². The Morgan fingerprint density at radius 3 is 2.66 bits per heavy atom. The van der Waals surface area contributed by atoms with Crippen LogP contribution in [0.5, 0.6) is 0 Å². The highest BCUT2D eigenvalue weighted by molar-refractivity contribution is 6.03. The Hall–Kier alpha value is -4.05. The molecule has 0 spiro atoms. The lowest BCUT2D eigenvalue weighted by Gasteiger charge is -2.32. The average molecular weight is 436 g/mol. The summed E-state index contributed by atoms with van der Waals surface area (Å²) in [5.74, 6) is -0.521. The molecule has 0 radical (unpaired) electrons. The van der Waals surface area contributed by atoms with Gasteiger partial charge in [0.2, 0.25) is 11.7 Å². The highest BCUT2D eigenvalue weighted by atomic mass is 16.5. The Balaban J connectivity index is 1.69. The summed E-state index contributed by atoms with van der Waals surface area (Å²) < 4.78 is 20.7. The zero-order chi connectivity index (χ0) is 22.5. The zero-order valence-corrected chi connectivity index (χ0v) is 17.5. The number of para-hydroxylation sites is 1. The molecule has 0 fully saturated rings. The quantitative estimate of drug-likeness (QED) is 0.532. The van der Waals surface area contributed by atoms with Crippen molar-refractivity contribution >= 4 is 17.6 Å². The molecule has 0 amide bonds. The zero-order valence-electron chi connectivity index (χ0n) is 17.5. The van der Waals surface area contributed by atoms with E-state index in [-0.39, 0.29) is 24.6 Å². The minimum Gasteiger partial charge on any atom is -0.466 e. The van der Waals surface area contributed by atoms with Crippen LogP contribution in [0.25, 0.3) is 11.4 Å². The molecule has 1 aliphatic rings. The van der Waals surface area contributed by atoms with Crippen LogP contribution in [-0.4, -0.2) is 54.6 Å². The van der Waals surface area contributed by atoms with Crippen LogP contribution in [0, 0.1) is 0 Å². The lowest BCUT2D eigenvalue weighted by molar-refractivity contribution is -0.140. The largest absolute Gasteiger partial charge is 0.466 e. The van der Waals surface area contributed by atoms with Gasteiger partial charge >= 0.3 is 11.9 Å². The second-order valence-corrected chi connectivity index (χ2v) is 6.77. The number of hydrogen-bond donors (Lipinski definition) is 0. The number of aromatic nitrogens is 3. The highest BCUT2D eigenvalue weighted by Gasteiger charge is 2.33. The van der Waals surface area contributed by atoms with E-state index in [1.165, 1.54) is 14.2 Å². The Morgan fingerprint density at radius 1 is 1.09 bits per heavy atom. The van der Waals surface area contributed by atoms with Gasteiger partial charge in [0, 0.05) is 23.6 Å². The van der Waals surface area contributed by atoms with E-state index >= 15 is 0 Å². The molecule has 2 aromatic heterocycles. The second-order valence-electron chi connectivity index (χ2n) is 6.77. The predicted molar refractivity (Wildman–Crippen MR) is 111 cm³/mol. The van der Waals surface area contributed by atoms with Crippen LogP contribution in [0.15, 0.2) is 64.6 Å². The van der Waals surface area contributed by atoms with Gasteiger partial charge in [0.25, 0.3) is 0 Å². The van der Waals surface area contributed by atoms with E-state index in [0.29, 0.717) is 23.8 Å². The molecular formula is C22H20N4O6. The predicted octanol–water partition coefficient (Wildman–Crippen LogP) is 2.12. The summed E-state index contributed by atoms with van der Waals surface area (Å²) >= 11 is 0. The van der Waals surface area contributed by atoms with E-state index in [4.69, 9.17) is 18.7 Å². The first-order valence-corrected chi connectivity index (χ1v) is 9.68. The van der Waals surface area contributed by atoms with Gasteiger partial charge in [-0.05, 0) is 23.8 Å². The van der Waals surface area contributed by atoms with Gasteiger partial charge in [-0.25, -0.2) is 9.59 Å². The average Bonchev–Trinajstić information content (AvgIpc) is 3.32. The maximum atomic E-state index is 12.6. The van der Waals surface area contributed by atoms with Crippen molar-refractivity contribution in [2.75, 3.05) is 32.5 Å². The van der Waals surface area contributed by atoms with Crippen molar-refractivity contribution < 1.29 is 28.3 Å². The van der Waals surface area contributed by atoms with E-state index in [0.717, 1.165) is 11.1 Å². The van der Waals surface area contributed by atoms with Crippen LogP contribution < -0.4 is 4.90 Å². The molecule has 1 aliphatic heterocycles. The molecule has 164 valence electrons. The number of carbonyl (C=O) groups is 2. The highest BCUT2D eigenvalue weighted by Crippen LogP contribution is 2.31. The van der Waals surface area contributed by atoms with Gasteiger partial charge in [-0.3, -0.25) is 4.98 Å². The Morgan fingerprint density at radius 2 is 1.91 bits per heavy atom. The molecule has 0 aliphatic carbocycles. The molecule has 1 aromatic carbocycles. The van der Waals surface area contributed by atoms with E-state index < -0.39 is 11.9 Å². The smallest absolute Gasteiger partial charge is 0.355 e. The molecule has 4 rings (SSSR count). The third-order valence-corrected chi connectivity index (χ3v) is 4.85. The normalized spacial score (nSPS) is 13.8. The number of anilines is 1. The molecule has 0 saturated heterocycles. The van der Waals surface area contributed by atoms with Crippen LogP contribution in [-0.2, 0) is 30.2 Å². The van der Waals surface area contributed by atoms with E-state index in [2.05, 4.69) is 15.1 Å². The van der Waals surface area contributed by atoms with Crippen molar-refractivity contribution in [3.63, 3.8) is 0 Å². The number of carbonyl (C=O) groups excluding carboxylic acids is 2. The van der Waals surface area contributed by atoms with E-state index in [9.17, 15) is 9.59 Å². The first kappa shape index (κ1) is 21.2. The van der Waals surface area contributed by atoms with Gasteiger partial charge in [-0.15, -0.1) is 0 Å². The summed E-state index contributed by atoms with van der Waals surface area (Å²) in [6, 6.07) is 11.0. The van der Waals surface area contributed by atoms with Crippen LogP contribution in [0.2, 0.25) is 0 Å². The van der Waals surface area contributed by atoms with E-state index in [1.54, 1.807) is 29.4 Å². The summed E-state index contributed by atoms with van der Waals surface area (Å²) in [5.41, 5.74) is 2.30. The van der Waals surface area contributed by atoms with Gasteiger partial charge in [0.1, 0.15) is 12.4 Å². The third-order valence-electron chi connectivity index (χ3n) is 4.85. The van der Waals surface area contributed by atoms with Gasteiger partial charge in [-0.2, -0.15) is 4.98 Å². The number of benzene rings is 1. The van der Waals surface area contributed by atoms with Crippen LogP contribution in [0.4, 0.5) is 5.69 Å². The van der Waals surface area contributed by atoms with Crippen molar-refractivity contribution in [1.29, 1.82) is 0 Å². The van der Waals surface area contributed by atoms with Gasteiger partial charge in [0.15, 0.2) is 0 Å². The first-order chi connectivity index (χ1) is 15.6. The Bertz CT molecular complexity index is 1160. The molecule has 3 aromatic rings. The van der Waals surface area contributed by atoms with Gasteiger partial charge < -0.3 is 23.6 Å². The second kappa shape index (κ2) is 9.40. The molecule has 32 heavy (non-hydrogen) atoms. The topological polar surface area (TPSA) is 117 Å². The fourth-order valence-corrected chi connectivity index (χ4v) is 3.36. The molecule has 0 bridgehead atoms. The maximum absolute atomic E-state index is 12.6. The summed E-state index contributed by atoms with van der Waals surface area (Å²) in [6.07, 6.45) is 3.60. The van der Waals surface area contributed by atoms with Crippen molar-refractivity contribution in [3.8, 4) is 11.4 Å². The van der Waals surface area contributed by atoms with Crippen LogP contribution in [0.3, 0.4) is 0 Å². The fourth-order valence-electron chi connectivity index (χ4n) is 3.36. The number of methoxy groups -OCH3 is 2.